The number of hydrogen-bond donors (Lipinski definition) is 0. The maximum Gasteiger partial charge on any atom is 0.268 e. The Morgan fingerprint density at radius 1 is 0.941 bits per heavy atom. The van der Waals surface area contributed by atoms with Crippen molar-refractivity contribution in [2.45, 2.75) is 57.0 Å². The van der Waals surface area contributed by atoms with Crippen LogP contribution in [0.4, 0.5) is 0 Å². The van der Waals surface area contributed by atoms with Crippen molar-refractivity contribution >= 4 is 28.8 Å². The molecule has 0 saturated carbocycles. The lowest BCUT2D eigenvalue weighted by molar-refractivity contribution is -0.144. The monoisotopic (exact) mass is 460 g/mol. The molecule has 2 aliphatic rings. The van der Waals surface area contributed by atoms with Crippen molar-refractivity contribution in [2.75, 3.05) is 13.1 Å². The highest BCUT2D eigenvalue weighted by atomic mass is 16.4. The molecule has 0 spiro atoms. The SMILES string of the molecule is O=C(c1nc2ncccc2o1)[C@@H]1CCCN1C(=O)[C@@H]1CCCN1C(=O)CCCc1ccccc1. The van der Waals surface area contributed by atoms with Gasteiger partial charge in [-0.15, -0.1) is 0 Å². The van der Waals surface area contributed by atoms with Crippen LogP contribution < -0.4 is 0 Å². The van der Waals surface area contributed by atoms with Gasteiger partial charge in [0.1, 0.15) is 12.1 Å². The first kappa shape index (κ1) is 22.3. The van der Waals surface area contributed by atoms with E-state index in [1.807, 2.05) is 18.2 Å². The Bertz CT molecular complexity index is 1160. The molecular weight excluding hydrogens is 432 g/mol. The molecule has 0 aliphatic carbocycles. The van der Waals surface area contributed by atoms with Crippen LogP contribution in [0.1, 0.15) is 54.8 Å². The zero-order chi connectivity index (χ0) is 23.5. The van der Waals surface area contributed by atoms with Gasteiger partial charge in [0.25, 0.3) is 5.89 Å². The lowest BCUT2D eigenvalue weighted by Gasteiger charge is -2.30. The number of fused-ring (bicyclic) bond motifs is 1. The molecule has 2 aromatic heterocycles. The summed E-state index contributed by atoms with van der Waals surface area (Å²) in [5.41, 5.74) is 2.03. The quantitative estimate of drug-likeness (QED) is 0.502. The van der Waals surface area contributed by atoms with Gasteiger partial charge in [-0.3, -0.25) is 14.4 Å². The third-order valence-electron chi connectivity index (χ3n) is 6.77. The van der Waals surface area contributed by atoms with E-state index in [1.165, 1.54) is 5.56 Å². The van der Waals surface area contributed by atoms with Crippen LogP contribution in [0.25, 0.3) is 11.2 Å². The van der Waals surface area contributed by atoms with Crippen molar-refractivity contribution in [3.05, 3.63) is 60.1 Å². The summed E-state index contributed by atoms with van der Waals surface area (Å²) in [7, 11) is 0. The number of ketones is 1. The fourth-order valence-electron chi connectivity index (χ4n) is 5.07. The van der Waals surface area contributed by atoms with Crippen LogP contribution in [0.2, 0.25) is 0 Å². The number of aromatic nitrogens is 2. The van der Waals surface area contributed by atoms with Gasteiger partial charge in [-0.1, -0.05) is 30.3 Å². The molecule has 34 heavy (non-hydrogen) atoms. The number of benzene rings is 1. The molecule has 0 unspecified atom stereocenters. The van der Waals surface area contributed by atoms with E-state index in [0.717, 1.165) is 25.7 Å². The van der Waals surface area contributed by atoms with Crippen molar-refractivity contribution in [2.24, 2.45) is 0 Å². The summed E-state index contributed by atoms with van der Waals surface area (Å²) in [5.74, 6) is -0.445. The minimum Gasteiger partial charge on any atom is -0.432 e. The number of aryl methyl sites for hydroxylation is 1. The molecule has 0 bridgehead atoms. The minimum absolute atomic E-state index is 0.0129. The molecule has 0 N–H and O–H groups in total. The molecule has 8 heteroatoms. The molecule has 1 aromatic carbocycles. The number of pyridine rings is 1. The summed E-state index contributed by atoms with van der Waals surface area (Å²) in [4.78, 5) is 51.3. The van der Waals surface area contributed by atoms with Crippen LogP contribution in [0.3, 0.4) is 0 Å². The highest BCUT2D eigenvalue weighted by Gasteiger charge is 2.43. The normalized spacial score (nSPS) is 20.2. The number of carbonyl (C=O) groups excluding carboxylic acids is 3. The highest BCUT2D eigenvalue weighted by Crippen LogP contribution is 2.28. The molecule has 176 valence electrons. The Hall–Kier alpha value is -3.55. The van der Waals surface area contributed by atoms with Crippen molar-refractivity contribution in [3.63, 3.8) is 0 Å². The van der Waals surface area contributed by atoms with Gasteiger partial charge in [0.2, 0.25) is 17.6 Å². The standard InChI is InChI=1S/C26H28N4O4/c31-22(14-4-10-18-8-2-1-3-9-18)29-16-7-12-20(29)26(33)30-17-6-11-19(30)23(32)25-28-24-21(34-25)13-5-15-27-24/h1-3,5,8-9,13,15,19-20H,4,6-7,10-12,14,16-17H2/t19-,20-/m0/s1. The Balaban J connectivity index is 1.24. The fraction of sp³-hybridized carbons (Fsp3) is 0.423. The topological polar surface area (TPSA) is 96.6 Å². The van der Waals surface area contributed by atoms with Crippen LogP contribution in [-0.4, -0.2) is 62.5 Å². The first-order valence-corrected chi connectivity index (χ1v) is 12.0. The molecule has 8 nitrogen and oxygen atoms in total. The van der Waals surface area contributed by atoms with E-state index in [2.05, 4.69) is 22.1 Å². The first-order chi connectivity index (χ1) is 16.6. The number of amides is 2. The van der Waals surface area contributed by atoms with E-state index >= 15 is 0 Å². The minimum atomic E-state index is -0.615. The van der Waals surface area contributed by atoms with Gasteiger partial charge >= 0.3 is 0 Å². The third-order valence-corrected chi connectivity index (χ3v) is 6.77. The van der Waals surface area contributed by atoms with Crippen molar-refractivity contribution in [1.82, 2.24) is 19.8 Å². The predicted octanol–water partition coefficient (Wildman–Crippen LogP) is 3.41. The van der Waals surface area contributed by atoms with Gasteiger partial charge in [0.05, 0.1) is 0 Å². The molecule has 2 fully saturated rings. The zero-order valence-corrected chi connectivity index (χ0v) is 19.1. The highest BCUT2D eigenvalue weighted by molar-refractivity contribution is 6.01. The van der Waals surface area contributed by atoms with Crippen molar-refractivity contribution in [3.8, 4) is 0 Å². The molecule has 2 aliphatic heterocycles. The Labute approximate surface area is 198 Å². The lowest BCUT2D eigenvalue weighted by Crippen LogP contribution is -2.51. The van der Waals surface area contributed by atoms with E-state index in [4.69, 9.17) is 4.42 Å². The Morgan fingerprint density at radius 2 is 1.71 bits per heavy atom. The number of likely N-dealkylation sites (tertiary alicyclic amines) is 2. The average molecular weight is 461 g/mol. The summed E-state index contributed by atoms with van der Waals surface area (Å²) >= 11 is 0. The van der Waals surface area contributed by atoms with Gasteiger partial charge in [0.15, 0.2) is 11.2 Å². The van der Waals surface area contributed by atoms with E-state index in [9.17, 15) is 14.4 Å². The van der Waals surface area contributed by atoms with Crippen molar-refractivity contribution in [1.29, 1.82) is 0 Å². The Morgan fingerprint density at radius 3 is 2.50 bits per heavy atom. The number of oxazole rings is 1. The van der Waals surface area contributed by atoms with Gasteiger partial charge < -0.3 is 14.2 Å². The molecule has 5 rings (SSSR count). The second-order valence-electron chi connectivity index (χ2n) is 8.98. The molecule has 2 atom stereocenters. The van der Waals surface area contributed by atoms with E-state index in [0.29, 0.717) is 43.6 Å². The maximum absolute atomic E-state index is 13.5. The zero-order valence-electron chi connectivity index (χ0n) is 19.1. The summed E-state index contributed by atoms with van der Waals surface area (Å²) in [6, 6.07) is 12.4. The molecule has 2 saturated heterocycles. The van der Waals surface area contributed by atoms with Gasteiger partial charge in [-0.05, 0) is 56.2 Å². The van der Waals surface area contributed by atoms with Gasteiger partial charge in [-0.25, -0.2) is 4.98 Å². The van der Waals surface area contributed by atoms with Crippen LogP contribution in [0.15, 0.2) is 53.1 Å². The van der Waals surface area contributed by atoms with Crippen LogP contribution in [-0.2, 0) is 16.0 Å². The largest absolute Gasteiger partial charge is 0.432 e. The van der Waals surface area contributed by atoms with Gasteiger partial charge in [-0.2, -0.15) is 4.98 Å². The predicted molar refractivity (Wildman–Crippen MR) is 125 cm³/mol. The second kappa shape index (κ2) is 9.75. The molecule has 0 radical (unpaired) electrons. The number of nitrogens with zero attached hydrogens (tertiary/aromatic N) is 4. The average Bonchev–Trinajstić information content (AvgIpc) is 3.63. The number of hydrogen-bond acceptors (Lipinski definition) is 6. The first-order valence-electron chi connectivity index (χ1n) is 12.0. The van der Waals surface area contributed by atoms with E-state index in [1.54, 1.807) is 28.1 Å². The van der Waals surface area contributed by atoms with Crippen LogP contribution >= 0.6 is 0 Å². The fourth-order valence-corrected chi connectivity index (χ4v) is 5.07. The summed E-state index contributed by atoms with van der Waals surface area (Å²) in [6.07, 6.45) is 6.31. The van der Waals surface area contributed by atoms with Gasteiger partial charge in [0, 0.05) is 25.7 Å². The second-order valence-corrected chi connectivity index (χ2v) is 8.98. The number of carbonyl (C=O) groups is 3. The molecule has 3 aromatic rings. The smallest absolute Gasteiger partial charge is 0.268 e. The van der Waals surface area contributed by atoms with Crippen LogP contribution in [0, 0.1) is 0 Å². The summed E-state index contributed by atoms with van der Waals surface area (Å²) in [5, 5.41) is 0. The van der Waals surface area contributed by atoms with E-state index in [-0.39, 0.29) is 23.5 Å². The lowest BCUT2D eigenvalue weighted by atomic mass is 10.1. The number of rotatable bonds is 7. The third kappa shape index (κ3) is 4.44. The van der Waals surface area contributed by atoms with Crippen LogP contribution in [0.5, 0.6) is 0 Å². The maximum atomic E-state index is 13.5. The Kier molecular flexibility index (Phi) is 6.38. The number of Topliss-reactive ketones (excluding diaryl/α,β-unsaturated/α-hetero) is 1. The van der Waals surface area contributed by atoms with Crippen molar-refractivity contribution < 1.29 is 18.8 Å². The summed E-state index contributed by atoms with van der Waals surface area (Å²) < 4.78 is 5.61. The molecule has 4 heterocycles. The molecule has 2 amide bonds. The summed E-state index contributed by atoms with van der Waals surface area (Å²) in [6.45, 7) is 1.09. The molecular formula is C26H28N4O4. The van der Waals surface area contributed by atoms with E-state index < -0.39 is 12.1 Å².